The summed E-state index contributed by atoms with van der Waals surface area (Å²) in [6.45, 7) is 4.10. The van der Waals surface area contributed by atoms with Crippen molar-refractivity contribution in [2.45, 2.75) is 31.1 Å². The van der Waals surface area contributed by atoms with Gasteiger partial charge in [-0.15, -0.1) is 0 Å². The van der Waals surface area contributed by atoms with Crippen molar-refractivity contribution >= 4 is 11.7 Å². The molecular weight excluding hydrogens is 406 g/mol. The maximum atomic E-state index is 13.8. The predicted octanol–water partition coefficient (Wildman–Crippen LogP) is 3.88. The number of amides is 1. The molecule has 3 aromatic rings. The van der Waals surface area contributed by atoms with Gasteiger partial charge in [0.25, 0.3) is 11.7 Å². The van der Waals surface area contributed by atoms with Crippen molar-refractivity contribution in [3.63, 3.8) is 0 Å². The summed E-state index contributed by atoms with van der Waals surface area (Å²) >= 11 is 0. The van der Waals surface area contributed by atoms with Crippen LogP contribution in [0.5, 0.6) is 11.5 Å². The molecule has 2 atom stereocenters. The number of hydrogen-bond acceptors (Lipinski definition) is 5. The van der Waals surface area contributed by atoms with Gasteiger partial charge in [0.1, 0.15) is 11.5 Å². The van der Waals surface area contributed by atoms with Crippen molar-refractivity contribution in [3.05, 3.63) is 94.5 Å². The summed E-state index contributed by atoms with van der Waals surface area (Å²) in [6.07, 6.45) is 0. The summed E-state index contributed by atoms with van der Waals surface area (Å²) in [7, 11) is 1.47. The number of para-hydroxylation sites is 1. The SMILES string of the molecule is COc1ccccc1C(=O)NC12C(=O)c3ccccc3C1(O)Oc1cc(C(C)C)ccc12. The first-order valence-electron chi connectivity index (χ1n) is 10.5. The summed E-state index contributed by atoms with van der Waals surface area (Å²) in [6, 6.07) is 18.9. The number of methoxy groups -OCH3 is 1. The van der Waals surface area contributed by atoms with Crippen molar-refractivity contribution in [1.29, 1.82) is 0 Å². The molecular formula is C26H23NO5. The van der Waals surface area contributed by atoms with Gasteiger partial charge in [0.05, 0.1) is 12.7 Å². The first-order chi connectivity index (χ1) is 15.3. The van der Waals surface area contributed by atoms with Crippen LogP contribution >= 0.6 is 0 Å². The van der Waals surface area contributed by atoms with Crippen molar-refractivity contribution in [1.82, 2.24) is 5.32 Å². The van der Waals surface area contributed by atoms with Crippen molar-refractivity contribution < 1.29 is 24.2 Å². The molecule has 1 heterocycles. The number of ketones is 1. The molecule has 162 valence electrons. The van der Waals surface area contributed by atoms with Crippen LogP contribution in [0.4, 0.5) is 0 Å². The first kappa shape index (κ1) is 20.3. The average molecular weight is 429 g/mol. The Morgan fingerprint density at radius 3 is 2.50 bits per heavy atom. The van der Waals surface area contributed by atoms with Crippen molar-refractivity contribution in [2.75, 3.05) is 7.11 Å². The molecule has 6 heteroatoms. The van der Waals surface area contributed by atoms with Crippen LogP contribution in [0.2, 0.25) is 0 Å². The molecule has 1 amide bonds. The van der Waals surface area contributed by atoms with Crippen LogP contribution in [-0.4, -0.2) is 23.9 Å². The largest absolute Gasteiger partial charge is 0.496 e. The van der Waals surface area contributed by atoms with E-state index in [4.69, 9.17) is 9.47 Å². The lowest BCUT2D eigenvalue weighted by Crippen LogP contribution is -2.60. The van der Waals surface area contributed by atoms with Gasteiger partial charge in [-0.2, -0.15) is 0 Å². The molecule has 2 unspecified atom stereocenters. The Labute approximate surface area is 185 Å². The van der Waals surface area contributed by atoms with Gasteiger partial charge < -0.3 is 19.9 Å². The van der Waals surface area contributed by atoms with Crippen molar-refractivity contribution in [3.8, 4) is 11.5 Å². The Morgan fingerprint density at radius 2 is 1.75 bits per heavy atom. The van der Waals surface area contributed by atoms with Crippen LogP contribution in [-0.2, 0) is 11.3 Å². The number of aliphatic hydroxyl groups is 1. The molecule has 0 saturated carbocycles. The van der Waals surface area contributed by atoms with Gasteiger partial charge in [-0.25, -0.2) is 0 Å². The minimum Gasteiger partial charge on any atom is -0.496 e. The number of fused-ring (bicyclic) bond motifs is 5. The molecule has 1 aliphatic carbocycles. The highest BCUT2D eigenvalue weighted by Gasteiger charge is 2.71. The molecule has 6 nitrogen and oxygen atoms in total. The average Bonchev–Trinajstić information content (AvgIpc) is 3.16. The third-order valence-electron chi connectivity index (χ3n) is 6.37. The van der Waals surface area contributed by atoms with E-state index < -0.39 is 23.0 Å². The third kappa shape index (κ3) is 2.50. The number of rotatable bonds is 4. The quantitative estimate of drug-likeness (QED) is 0.658. The first-order valence-corrected chi connectivity index (χ1v) is 10.5. The van der Waals surface area contributed by atoms with E-state index in [2.05, 4.69) is 5.32 Å². The Balaban J connectivity index is 1.71. The Bertz CT molecular complexity index is 1270. The summed E-state index contributed by atoms with van der Waals surface area (Å²) in [5, 5.41) is 14.7. The maximum absolute atomic E-state index is 13.8. The highest BCUT2D eigenvalue weighted by Crippen LogP contribution is 2.58. The highest BCUT2D eigenvalue weighted by molar-refractivity contribution is 6.13. The number of ether oxygens (including phenoxy) is 2. The Morgan fingerprint density at radius 1 is 1.03 bits per heavy atom. The molecule has 32 heavy (non-hydrogen) atoms. The van der Waals surface area contributed by atoms with Gasteiger partial charge in [-0.1, -0.05) is 62.4 Å². The fraction of sp³-hybridized carbons (Fsp3) is 0.231. The second-order valence-electron chi connectivity index (χ2n) is 8.44. The fourth-order valence-corrected chi connectivity index (χ4v) is 4.70. The number of carbonyl (C=O) groups excluding carboxylic acids is 2. The lowest BCUT2D eigenvalue weighted by molar-refractivity contribution is -0.169. The van der Waals surface area contributed by atoms with Gasteiger partial charge in [0.15, 0.2) is 0 Å². The van der Waals surface area contributed by atoms with Gasteiger partial charge in [-0.3, -0.25) is 9.59 Å². The number of nitrogens with one attached hydrogen (secondary N) is 1. The Kier molecular flexibility index (Phi) is 4.39. The normalized spacial score (nSPS) is 22.7. The van der Waals surface area contributed by atoms with Crippen LogP contribution in [0.3, 0.4) is 0 Å². The number of benzene rings is 3. The second kappa shape index (κ2) is 6.93. The van der Waals surface area contributed by atoms with E-state index in [0.29, 0.717) is 28.2 Å². The zero-order valence-electron chi connectivity index (χ0n) is 18.0. The third-order valence-corrected chi connectivity index (χ3v) is 6.37. The molecule has 3 aromatic carbocycles. The van der Waals surface area contributed by atoms with E-state index in [9.17, 15) is 14.7 Å². The molecule has 0 bridgehead atoms. The number of hydrogen-bond donors (Lipinski definition) is 2. The van der Waals surface area contributed by atoms with Crippen LogP contribution in [0.25, 0.3) is 0 Å². The van der Waals surface area contributed by atoms with Gasteiger partial charge in [0, 0.05) is 16.7 Å². The van der Waals surface area contributed by atoms with Crippen LogP contribution in [0.1, 0.15) is 57.2 Å². The lowest BCUT2D eigenvalue weighted by Gasteiger charge is -2.34. The topological polar surface area (TPSA) is 84.9 Å². The predicted molar refractivity (Wildman–Crippen MR) is 118 cm³/mol. The molecule has 0 fully saturated rings. The summed E-state index contributed by atoms with van der Waals surface area (Å²) in [5.41, 5.74) is 0.497. The minimum absolute atomic E-state index is 0.223. The fourth-order valence-electron chi connectivity index (χ4n) is 4.70. The lowest BCUT2D eigenvalue weighted by atomic mass is 9.82. The molecule has 0 aromatic heterocycles. The summed E-state index contributed by atoms with van der Waals surface area (Å²) in [4.78, 5) is 27.3. The van der Waals surface area contributed by atoms with E-state index in [1.807, 2.05) is 26.0 Å². The zero-order valence-corrected chi connectivity index (χ0v) is 18.0. The van der Waals surface area contributed by atoms with Gasteiger partial charge in [0.2, 0.25) is 11.3 Å². The molecule has 2 aliphatic rings. The van der Waals surface area contributed by atoms with E-state index in [1.165, 1.54) is 7.11 Å². The van der Waals surface area contributed by atoms with E-state index in [0.717, 1.165) is 5.56 Å². The number of carbonyl (C=O) groups is 2. The summed E-state index contributed by atoms with van der Waals surface area (Å²) < 4.78 is 11.4. The number of Topliss-reactive ketones (excluding diaryl/α,β-unsaturated/α-hetero) is 1. The standard InChI is InChI=1S/C26H23NO5/c1-15(2)16-12-13-20-22(14-16)32-26(30)19-10-6-4-8-17(19)23(28)25(20,26)27-24(29)18-9-5-7-11-21(18)31-3/h4-15,30H,1-3H3,(H,27,29). The molecule has 0 radical (unpaired) electrons. The van der Waals surface area contributed by atoms with E-state index >= 15 is 0 Å². The van der Waals surface area contributed by atoms with Crippen LogP contribution in [0.15, 0.2) is 66.7 Å². The smallest absolute Gasteiger partial charge is 0.271 e. The zero-order chi connectivity index (χ0) is 22.7. The monoisotopic (exact) mass is 429 g/mol. The second-order valence-corrected chi connectivity index (χ2v) is 8.44. The molecule has 0 spiro atoms. The van der Waals surface area contributed by atoms with Crippen LogP contribution < -0.4 is 14.8 Å². The molecule has 0 saturated heterocycles. The van der Waals surface area contributed by atoms with Gasteiger partial charge >= 0.3 is 0 Å². The van der Waals surface area contributed by atoms with E-state index in [1.54, 1.807) is 54.6 Å². The molecule has 5 rings (SSSR count). The van der Waals surface area contributed by atoms with Crippen molar-refractivity contribution in [2.24, 2.45) is 0 Å². The minimum atomic E-state index is -2.07. The van der Waals surface area contributed by atoms with Gasteiger partial charge in [-0.05, 0) is 29.7 Å². The summed E-state index contributed by atoms with van der Waals surface area (Å²) in [5.74, 6) is -2.08. The molecule has 1 aliphatic heterocycles. The van der Waals surface area contributed by atoms with E-state index in [-0.39, 0.29) is 11.5 Å². The maximum Gasteiger partial charge on any atom is 0.271 e. The highest BCUT2D eigenvalue weighted by atomic mass is 16.6. The van der Waals surface area contributed by atoms with Crippen LogP contribution in [0, 0.1) is 0 Å². The molecule has 2 N–H and O–H groups in total. The Hall–Kier alpha value is -3.64.